The second kappa shape index (κ2) is 5.44. The molecule has 0 aliphatic carbocycles. The smallest absolute Gasteiger partial charge is 0.250 e. The largest absolute Gasteiger partial charge is 0.307 e. The SMILES string of the molecule is O=Cc1cccc(CNCC(F)F)c1. The van der Waals surface area contributed by atoms with E-state index in [9.17, 15) is 13.6 Å². The number of hydrogen-bond acceptors (Lipinski definition) is 2. The molecule has 1 rings (SSSR count). The van der Waals surface area contributed by atoms with E-state index >= 15 is 0 Å². The molecule has 0 unspecified atom stereocenters. The number of carbonyl (C=O) groups is 1. The van der Waals surface area contributed by atoms with Crippen LogP contribution in [0.4, 0.5) is 8.78 Å². The molecule has 0 aromatic heterocycles. The Morgan fingerprint density at radius 1 is 1.43 bits per heavy atom. The van der Waals surface area contributed by atoms with E-state index in [4.69, 9.17) is 0 Å². The third kappa shape index (κ3) is 3.62. The lowest BCUT2D eigenvalue weighted by molar-refractivity contribution is 0.112. The maximum absolute atomic E-state index is 11.8. The second-order valence-corrected chi connectivity index (χ2v) is 2.88. The van der Waals surface area contributed by atoms with Crippen molar-refractivity contribution < 1.29 is 13.6 Å². The van der Waals surface area contributed by atoms with Gasteiger partial charge in [-0.25, -0.2) is 8.78 Å². The van der Waals surface area contributed by atoms with Crippen molar-refractivity contribution >= 4 is 6.29 Å². The van der Waals surface area contributed by atoms with Gasteiger partial charge in [-0.3, -0.25) is 4.79 Å². The molecule has 1 aromatic rings. The lowest BCUT2D eigenvalue weighted by Crippen LogP contribution is -2.20. The van der Waals surface area contributed by atoms with Crippen LogP contribution < -0.4 is 5.32 Å². The Morgan fingerprint density at radius 2 is 2.21 bits per heavy atom. The van der Waals surface area contributed by atoms with Crippen molar-refractivity contribution in [2.75, 3.05) is 6.54 Å². The fraction of sp³-hybridized carbons (Fsp3) is 0.300. The Bertz CT molecular complexity index is 302. The van der Waals surface area contributed by atoms with Crippen molar-refractivity contribution in [3.8, 4) is 0 Å². The van der Waals surface area contributed by atoms with Gasteiger partial charge in [-0.2, -0.15) is 0 Å². The molecule has 0 saturated heterocycles. The molecule has 4 heteroatoms. The average molecular weight is 199 g/mol. The predicted molar refractivity (Wildman–Crippen MR) is 49.5 cm³/mol. The zero-order valence-electron chi connectivity index (χ0n) is 7.54. The van der Waals surface area contributed by atoms with Crippen LogP contribution in [0.1, 0.15) is 15.9 Å². The molecular weight excluding hydrogens is 188 g/mol. The highest BCUT2D eigenvalue weighted by Gasteiger charge is 2.01. The van der Waals surface area contributed by atoms with Crippen molar-refractivity contribution in [1.82, 2.24) is 5.32 Å². The van der Waals surface area contributed by atoms with Gasteiger partial charge in [-0.1, -0.05) is 18.2 Å². The van der Waals surface area contributed by atoms with Crippen LogP contribution in [0, 0.1) is 0 Å². The molecule has 0 radical (unpaired) electrons. The quantitative estimate of drug-likeness (QED) is 0.733. The van der Waals surface area contributed by atoms with Crippen LogP contribution in [0.3, 0.4) is 0 Å². The maximum atomic E-state index is 11.8. The molecule has 0 atom stereocenters. The molecule has 14 heavy (non-hydrogen) atoms. The van der Waals surface area contributed by atoms with Crippen molar-refractivity contribution in [3.63, 3.8) is 0 Å². The molecule has 2 nitrogen and oxygen atoms in total. The first-order valence-electron chi connectivity index (χ1n) is 4.25. The van der Waals surface area contributed by atoms with Gasteiger partial charge in [0.15, 0.2) is 0 Å². The highest BCUT2D eigenvalue weighted by molar-refractivity contribution is 5.74. The number of rotatable bonds is 5. The van der Waals surface area contributed by atoms with Gasteiger partial charge in [0.05, 0.1) is 6.54 Å². The summed E-state index contributed by atoms with van der Waals surface area (Å²) in [5.74, 6) is 0. The summed E-state index contributed by atoms with van der Waals surface area (Å²) in [4.78, 5) is 10.4. The summed E-state index contributed by atoms with van der Waals surface area (Å²) in [5.41, 5.74) is 1.39. The summed E-state index contributed by atoms with van der Waals surface area (Å²) < 4.78 is 23.5. The van der Waals surface area contributed by atoms with Crippen LogP contribution in [0.2, 0.25) is 0 Å². The van der Waals surface area contributed by atoms with Crippen LogP contribution in [-0.2, 0) is 6.54 Å². The van der Waals surface area contributed by atoms with Gasteiger partial charge in [0.25, 0.3) is 6.43 Å². The molecule has 0 aliphatic rings. The summed E-state index contributed by atoms with van der Waals surface area (Å²) >= 11 is 0. The Hall–Kier alpha value is -1.29. The molecule has 76 valence electrons. The maximum Gasteiger partial charge on any atom is 0.250 e. The minimum atomic E-state index is -2.34. The highest BCUT2D eigenvalue weighted by atomic mass is 19.3. The van der Waals surface area contributed by atoms with Gasteiger partial charge < -0.3 is 5.32 Å². The zero-order valence-corrected chi connectivity index (χ0v) is 7.54. The molecule has 0 fully saturated rings. The minimum absolute atomic E-state index is 0.328. The molecule has 1 N–H and O–H groups in total. The number of benzene rings is 1. The van der Waals surface area contributed by atoms with Crippen molar-refractivity contribution in [2.45, 2.75) is 13.0 Å². The zero-order chi connectivity index (χ0) is 10.4. The average Bonchev–Trinajstić information content (AvgIpc) is 2.18. The van der Waals surface area contributed by atoms with E-state index in [1.54, 1.807) is 24.3 Å². The van der Waals surface area contributed by atoms with Gasteiger partial charge >= 0.3 is 0 Å². The van der Waals surface area contributed by atoms with Gasteiger partial charge in [-0.15, -0.1) is 0 Å². The first kappa shape index (κ1) is 10.8. The lowest BCUT2D eigenvalue weighted by atomic mass is 10.1. The Balaban J connectivity index is 2.46. The minimum Gasteiger partial charge on any atom is -0.307 e. The topological polar surface area (TPSA) is 29.1 Å². The molecule has 0 amide bonds. The van der Waals surface area contributed by atoms with E-state index in [1.807, 2.05) is 0 Å². The highest BCUT2D eigenvalue weighted by Crippen LogP contribution is 2.02. The molecule has 0 aliphatic heterocycles. The van der Waals surface area contributed by atoms with E-state index in [2.05, 4.69) is 5.32 Å². The van der Waals surface area contributed by atoms with Crippen LogP contribution >= 0.6 is 0 Å². The predicted octanol–water partition coefficient (Wildman–Crippen LogP) is 1.85. The first-order chi connectivity index (χ1) is 6.72. The summed E-state index contributed by atoms with van der Waals surface area (Å²) in [5, 5.41) is 2.59. The first-order valence-corrected chi connectivity index (χ1v) is 4.25. The van der Waals surface area contributed by atoms with Crippen LogP contribution in [0.5, 0.6) is 0 Å². The molecule has 1 aromatic carbocycles. The summed E-state index contributed by atoms with van der Waals surface area (Å²) in [7, 11) is 0. The number of alkyl halides is 2. The number of nitrogens with one attached hydrogen (secondary N) is 1. The van der Waals surface area contributed by atoms with E-state index in [1.165, 1.54) is 0 Å². The second-order valence-electron chi connectivity index (χ2n) is 2.88. The number of hydrogen-bond donors (Lipinski definition) is 1. The molecule has 0 saturated carbocycles. The van der Waals surface area contributed by atoms with E-state index in [0.717, 1.165) is 11.8 Å². The number of aldehydes is 1. The molecule has 0 spiro atoms. The molecule has 0 bridgehead atoms. The van der Waals surface area contributed by atoms with Crippen molar-refractivity contribution in [3.05, 3.63) is 35.4 Å². The Morgan fingerprint density at radius 3 is 2.86 bits per heavy atom. The normalized spacial score (nSPS) is 10.5. The number of carbonyl (C=O) groups excluding carboxylic acids is 1. The van der Waals surface area contributed by atoms with Gasteiger partial charge in [0.1, 0.15) is 6.29 Å². The monoisotopic (exact) mass is 199 g/mol. The third-order valence-corrected chi connectivity index (χ3v) is 1.71. The Labute approximate surface area is 80.9 Å². The summed E-state index contributed by atoms with van der Waals surface area (Å²) in [6.45, 7) is 0.0251. The van der Waals surface area contributed by atoms with Crippen molar-refractivity contribution in [2.24, 2.45) is 0 Å². The van der Waals surface area contributed by atoms with Crippen molar-refractivity contribution in [1.29, 1.82) is 0 Å². The number of halogens is 2. The van der Waals surface area contributed by atoms with Crippen LogP contribution in [0.15, 0.2) is 24.3 Å². The van der Waals surface area contributed by atoms with Crippen LogP contribution in [-0.4, -0.2) is 19.3 Å². The third-order valence-electron chi connectivity index (χ3n) is 1.71. The fourth-order valence-electron chi connectivity index (χ4n) is 1.10. The van der Waals surface area contributed by atoms with E-state index < -0.39 is 6.43 Å². The standard InChI is InChI=1S/C10H11F2NO/c11-10(12)6-13-5-8-2-1-3-9(4-8)7-14/h1-4,7,10,13H,5-6H2. The summed E-state index contributed by atoms with van der Waals surface area (Å²) in [6.07, 6.45) is -1.61. The molecule has 0 heterocycles. The van der Waals surface area contributed by atoms with Gasteiger partial charge in [0.2, 0.25) is 0 Å². The Kier molecular flexibility index (Phi) is 4.19. The fourth-order valence-corrected chi connectivity index (χ4v) is 1.10. The van der Waals surface area contributed by atoms with Crippen LogP contribution in [0.25, 0.3) is 0 Å². The van der Waals surface area contributed by atoms with E-state index in [-0.39, 0.29) is 6.54 Å². The van der Waals surface area contributed by atoms with Gasteiger partial charge in [-0.05, 0) is 11.6 Å². The van der Waals surface area contributed by atoms with E-state index in [0.29, 0.717) is 12.1 Å². The lowest BCUT2D eigenvalue weighted by Gasteiger charge is -2.04. The summed E-state index contributed by atoms with van der Waals surface area (Å²) in [6, 6.07) is 6.85. The van der Waals surface area contributed by atoms with Gasteiger partial charge in [0, 0.05) is 12.1 Å². The molecular formula is C10H11F2NO.